The van der Waals surface area contributed by atoms with Gasteiger partial charge in [0.05, 0.1) is 19.3 Å². The molecule has 1 N–H and O–H groups in total. The molecule has 154 valence electrons. The molecule has 1 aliphatic carbocycles. The third-order valence-corrected chi connectivity index (χ3v) is 6.85. The standard InChI is InChI=1S/C23H35N3O2/c1-25-11-10-20-16-19(7-8-21(20)25)22(26-12-14-28-15-13-26)17-24-23(27)9-6-18-4-2-3-5-18/h7-8,16,18,22H,2-6,9-15,17H2,1H3,(H,24,27)/t22-/m1/s1. The number of nitrogens with one attached hydrogen (secondary N) is 1. The maximum absolute atomic E-state index is 12.5. The van der Waals surface area contributed by atoms with E-state index in [0.29, 0.717) is 13.0 Å². The molecule has 0 aromatic heterocycles. The zero-order valence-corrected chi connectivity index (χ0v) is 17.3. The molecule has 0 radical (unpaired) electrons. The van der Waals surface area contributed by atoms with Crippen LogP contribution in [0.1, 0.15) is 55.7 Å². The normalized spacial score (nSPS) is 21.7. The molecule has 1 amide bonds. The van der Waals surface area contributed by atoms with Crippen LogP contribution in [0.4, 0.5) is 5.69 Å². The van der Waals surface area contributed by atoms with Crippen LogP contribution in [0.5, 0.6) is 0 Å². The number of amides is 1. The highest BCUT2D eigenvalue weighted by Crippen LogP contribution is 2.31. The van der Waals surface area contributed by atoms with Crippen molar-refractivity contribution in [3.63, 3.8) is 0 Å². The Morgan fingerprint density at radius 3 is 2.79 bits per heavy atom. The number of anilines is 1. The van der Waals surface area contributed by atoms with Crippen molar-refractivity contribution in [1.82, 2.24) is 10.2 Å². The van der Waals surface area contributed by atoms with E-state index in [1.165, 1.54) is 42.5 Å². The predicted octanol–water partition coefficient (Wildman–Crippen LogP) is 3.14. The van der Waals surface area contributed by atoms with Crippen LogP contribution in [0.25, 0.3) is 0 Å². The van der Waals surface area contributed by atoms with Crippen molar-refractivity contribution in [3.8, 4) is 0 Å². The zero-order chi connectivity index (χ0) is 19.3. The van der Waals surface area contributed by atoms with Crippen LogP contribution in [0.3, 0.4) is 0 Å². The molecular formula is C23H35N3O2. The summed E-state index contributed by atoms with van der Waals surface area (Å²) in [4.78, 5) is 17.3. The van der Waals surface area contributed by atoms with Crippen molar-refractivity contribution < 1.29 is 9.53 Å². The summed E-state index contributed by atoms with van der Waals surface area (Å²) in [7, 11) is 2.16. The number of likely N-dealkylation sites (N-methyl/N-ethyl adjacent to an activating group) is 1. The molecule has 1 aromatic rings. The average molecular weight is 386 g/mol. The lowest BCUT2D eigenvalue weighted by molar-refractivity contribution is -0.121. The summed E-state index contributed by atoms with van der Waals surface area (Å²) in [5.41, 5.74) is 4.11. The van der Waals surface area contributed by atoms with Gasteiger partial charge in [-0.05, 0) is 36.0 Å². The van der Waals surface area contributed by atoms with E-state index in [1.54, 1.807) is 0 Å². The molecule has 0 bridgehead atoms. The molecule has 1 saturated heterocycles. The molecule has 1 saturated carbocycles. The summed E-state index contributed by atoms with van der Waals surface area (Å²) < 4.78 is 5.56. The molecule has 3 aliphatic rings. The SMILES string of the molecule is CN1CCc2cc([C@@H](CNC(=O)CCC3CCCC3)N3CCOCC3)ccc21. The van der Waals surface area contributed by atoms with Gasteiger partial charge < -0.3 is 15.0 Å². The second kappa shape index (κ2) is 9.27. The van der Waals surface area contributed by atoms with Crippen LogP contribution in [-0.4, -0.2) is 57.2 Å². The molecule has 2 fully saturated rings. The van der Waals surface area contributed by atoms with Crippen molar-refractivity contribution in [2.45, 2.75) is 51.0 Å². The van der Waals surface area contributed by atoms with Crippen molar-refractivity contribution in [2.75, 3.05) is 51.3 Å². The smallest absolute Gasteiger partial charge is 0.220 e. The Labute approximate surface area is 169 Å². The van der Waals surface area contributed by atoms with Crippen LogP contribution < -0.4 is 10.2 Å². The first kappa shape index (κ1) is 19.7. The summed E-state index contributed by atoms with van der Waals surface area (Å²) in [6, 6.07) is 7.11. The van der Waals surface area contributed by atoms with Gasteiger partial charge in [0.1, 0.15) is 0 Å². The molecule has 2 heterocycles. The number of fused-ring (bicyclic) bond motifs is 1. The topological polar surface area (TPSA) is 44.8 Å². The fraction of sp³-hybridized carbons (Fsp3) is 0.696. The van der Waals surface area contributed by atoms with Crippen molar-refractivity contribution in [1.29, 1.82) is 0 Å². The van der Waals surface area contributed by atoms with Gasteiger partial charge in [0.15, 0.2) is 0 Å². The highest BCUT2D eigenvalue weighted by atomic mass is 16.5. The Morgan fingerprint density at radius 2 is 2.00 bits per heavy atom. The molecule has 4 rings (SSSR count). The van der Waals surface area contributed by atoms with Crippen LogP contribution in [-0.2, 0) is 16.0 Å². The van der Waals surface area contributed by atoms with Crippen molar-refractivity contribution in [2.24, 2.45) is 5.92 Å². The van der Waals surface area contributed by atoms with E-state index < -0.39 is 0 Å². The molecule has 1 atom stereocenters. The second-order valence-corrected chi connectivity index (χ2v) is 8.72. The largest absolute Gasteiger partial charge is 0.379 e. The molecule has 1 aromatic carbocycles. The van der Waals surface area contributed by atoms with Gasteiger partial charge in [-0.1, -0.05) is 37.8 Å². The Morgan fingerprint density at radius 1 is 1.21 bits per heavy atom. The second-order valence-electron chi connectivity index (χ2n) is 8.72. The van der Waals surface area contributed by atoms with Gasteiger partial charge in [0.2, 0.25) is 5.91 Å². The van der Waals surface area contributed by atoms with Gasteiger partial charge in [-0.2, -0.15) is 0 Å². The number of rotatable bonds is 7. The zero-order valence-electron chi connectivity index (χ0n) is 17.3. The maximum atomic E-state index is 12.5. The first-order chi connectivity index (χ1) is 13.7. The Hall–Kier alpha value is -1.59. The van der Waals surface area contributed by atoms with Gasteiger partial charge >= 0.3 is 0 Å². The van der Waals surface area contributed by atoms with E-state index >= 15 is 0 Å². The van der Waals surface area contributed by atoms with E-state index in [9.17, 15) is 4.79 Å². The number of carbonyl (C=O) groups excluding carboxylic acids is 1. The Balaban J connectivity index is 1.39. The summed E-state index contributed by atoms with van der Waals surface area (Å²) >= 11 is 0. The molecular weight excluding hydrogens is 350 g/mol. The van der Waals surface area contributed by atoms with Crippen LogP contribution in [0.15, 0.2) is 18.2 Å². The van der Waals surface area contributed by atoms with E-state index in [-0.39, 0.29) is 11.9 Å². The van der Waals surface area contributed by atoms with Gasteiger partial charge in [-0.3, -0.25) is 9.69 Å². The molecule has 28 heavy (non-hydrogen) atoms. The van der Waals surface area contributed by atoms with Gasteiger partial charge in [0, 0.05) is 45.3 Å². The summed E-state index contributed by atoms with van der Waals surface area (Å²) in [5.74, 6) is 0.987. The van der Waals surface area contributed by atoms with Crippen LogP contribution >= 0.6 is 0 Å². The molecule has 0 spiro atoms. The number of morpholine rings is 1. The van der Waals surface area contributed by atoms with E-state index in [2.05, 4.69) is 40.4 Å². The number of benzene rings is 1. The molecule has 0 unspecified atom stereocenters. The number of hydrogen-bond acceptors (Lipinski definition) is 4. The van der Waals surface area contributed by atoms with E-state index in [1.807, 2.05) is 0 Å². The minimum absolute atomic E-state index is 0.214. The van der Waals surface area contributed by atoms with Crippen molar-refractivity contribution in [3.05, 3.63) is 29.3 Å². The quantitative estimate of drug-likeness (QED) is 0.783. The number of hydrogen-bond donors (Lipinski definition) is 1. The Kier molecular flexibility index (Phi) is 6.53. The average Bonchev–Trinajstić information content (AvgIpc) is 3.37. The molecule has 2 aliphatic heterocycles. The first-order valence-electron chi connectivity index (χ1n) is 11.1. The monoisotopic (exact) mass is 385 g/mol. The Bertz CT molecular complexity index is 666. The lowest BCUT2D eigenvalue weighted by Gasteiger charge is -2.35. The highest BCUT2D eigenvalue weighted by Gasteiger charge is 2.25. The summed E-state index contributed by atoms with van der Waals surface area (Å²) in [6.07, 6.45) is 8.16. The van der Waals surface area contributed by atoms with Crippen molar-refractivity contribution >= 4 is 11.6 Å². The van der Waals surface area contributed by atoms with Gasteiger partial charge in [-0.15, -0.1) is 0 Å². The highest BCUT2D eigenvalue weighted by molar-refractivity contribution is 5.75. The third-order valence-electron chi connectivity index (χ3n) is 6.85. The van der Waals surface area contributed by atoms with Crippen LogP contribution in [0.2, 0.25) is 0 Å². The lowest BCUT2D eigenvalue weighted by Crippen LogP contribution is -2.43. The van der Waals surface area contributed by atoms with Gasteiger partial charge in [-0.25, -0.2) is 0 Å². The third kappa shape index (κ3) is 4.69. The fourth-order valence-corrected chi connectivity index (χ4v) is 5.07. The number of ether oxygens (including phenoxy) is 1. The maximum Gasteiger partial charge on any atom is 0.220 e. The minimum Gasteiger partial charge on any atom is -0.379 e. The predicted molar refractivity (Wildman–Crippen MR) is 113 cm³/mol. The molecule has 5 heteroatoms. The fourth-order valence-electron chi connectivity index (χ4n) is 5.07. The summed E-state index contributed by atoms with van der Waals surface area (Å²) in [6.45, 7) is 5.20. The number of nitrogens with zero attached hydrogens (tertiary/aromatic N) is 2. The van der Waals surface area contributed by atoms with Gasteiger partial charge in [0.25, 0.3) is 0 Å². The van der Waals surface area contributed by atoms with Crippen LogP contribution in [0, 0.1) is 5.92 Å². The number of carbonyl (C=O) groups is 1. The summed E-state index contributed by atoms with van der Waals surface area (Å²) in [5, 5.41) is 3.25. The van der Waals surface area contributed by atoms with E-state index in [0.717, 1.165) is 51.6 Å². The molecule has 5 nitrogen and oxygen atoms in total. The lowest BCUT2D eigenvalue weighted by atomic mass is 9.99. The first-order valence-corrected chi connectivity index (χ1v) is 11.1. The van der Waals surface area contributed by atoms with E-state index in [4.69, 9.17) is 4.74 Å². The minimum atomic E-state index is 0.214.